The number of rotatable bonds is 9. The van der Waals surface area contributed by atoms with Crippen LogP contribution in [-0.2, 0) is 20.7 Å². The van der Waals surface area contributed by atoms with Crippen LogP contribution in [-0.4, -0.2) is 45.6 Å². The fourth-order valence-electron chi connectivity index (χ4n) is 5.09. The Bertz CT molecular complexity index is 1430. The van der Waals surface area contributed by atoms with Gasteiger partial charge in [0.1, 0.15) is 11.6 Å². The number of aliphatic carboxylic acids is 1. The SMILES string of the molecule is C#CC(=O)N1[C@@H](CCCC)Cc2c([nH]c3c(F)cc(F)cc23)[C@@H]1c1ccc(NC(=O)OCCCC(=O)O)cc1. The smallest absolute Gasteiger partial charge is 0.411 e. The molecule has 8 nitrogen and oxygen atoms in total. The maximum atomic E-state index is 14.7. The zero-order valence-corrected chi connectivity index (χ0v) is 21.4. The number of hydrogen-bond donors (Lipinski definition) is 3. The van der Waals surface area contributed by atoms with Crippen LogP contribution in [0.5, 0.6) is 0 Å². The van der Waals surface area contributed by atoms with Gasteiger partial charge in [-0.1, -0.05) is 31.9 Å². The molecule has 204 valence electrons. The number of amides is 2. The Morgan fingerprint density at radius 1 is 1.21 bits per heavy atom. The van der Waals surface area contributed by atoms with E-state index in [1.165, 1.54) is 6.07 Å². The second-order valence-electron chi connectivity index (χ2n) is 9.47. The number of carbonyl (C=O) groups excluding carboxylic acids is 2. The molecule has 1 aromatic heterocycles. The lowest BCUT2D eigenvalue weighted by molar-refractivity contribution is -0.137. The Morgan fingerprint density at radius 3 is 2.62 bits per heavy atom. The van der Waals surface area contributed by atoms with Crippen LogP contribution in [0.3, 0.4) is 0 Å². The summed E-state index contributed by atoms with van der Waals surface area (Å²) in [6, 6.07) is 7.84. The number of unbranched alkanes of at least 4 members (excludes halogenated alkanes) is 1. The Balaban J connectivity index is 1.68. The highest BCUT2D eigenvalue weighted by atomic mass is 19.1. The molecule has 2 atom stereocenters. The van der Waals surface area contributed by atoms with E-state index in [1.807, 2.05) is 6.92 Å². The van der Waals surface area contributed by atoms with Gasteiger partial charge < -0.3 is 19.7 Å². The van der Waals surface area contributed by atoms with Crippen molar-refractivity contribution < 1.29 is 33.0 Å². The monoisotopic (exact) mass is 537 g/mol. The van der Waals surface area contributed by atoms with E-state index >= 15 is 0 Å². The van der Waals surface area contributed by atoms with Crippen molar-refractivity contribution in [2.24, 2.45) is 0 Å². The summed E-state index contributed by atoms with van der Waals surface area (Å²) in [6.07, 6.45) is 7.71. The van der Waals surface area contributed by atoms with Crippen LogP contribution >= 0.6 is 0 Å². The molecule has 0 fully saturated rings. The summed E-state index contributed by atoms with van der Waals surface area (Å²) in [5.41, 5.74) is 2.54. The number of carbonyl (C=O) groups is 3. The summed E-state index contributed by atoms with van der Waals surface area (Å²) in [7, 11) is 0. The average Bonchev–Trinajstić information content (AvgIpc) is 3.27. The summed E-state index contributed by atoms with van der Waals surface area (Å²) in [6.45, 7) is 2.00. The van der Waals surface area contributed by atoms with Crippen molar-refractivity contribution in [2.45, 2.75) is 57.5 Å². The molecule has 0 spiro atoms. The maximum absolute atomic E-state index is 14.7. The van der Waals surface area contributed by atoms with Gasteiger partial charge in [-0.05, 0) is 54.5 Å². The Morgan fingerprint density at radius 2 is 1.95 bits per heavy atom. The number of terminal acetylenes is 1. The van der Waals surface area contributed by atoms with Gasteiger partial charge in [-0.3, -0.25) is 14.9 Å². The molecular weight excluding hydrogens is 508 g/mol. The van der Waals surface area contributed by atoms with Gasteiger partial charge in [-0.2, -0.15) is 0 Å². The number of hydrogen-bond acceptors (Lipinski definition) is 4. The number of anilines is 1. The van der Waals surface area contributed by atoms with E-state index in [1.54, 1.807) is 29.2 Å². The number of aromatic amines is 1. The van der Waals surface area contributed by atoms with E-state index in [4.69, 9.17) is 16.3 Å². The maximum Gasteiger partial charge on any atom is 0.411 e. The zero-order chi connectivity index (χ0) is 28.1. The number of ether oxygens (including phenoxy) is 1. The highest BCUT2D eigenvalue weighted by Crippen LogP contribution is 2.42. The summed E-state index contributed by atoms with van der Waals surface area (Å²) in [5.74, 6) is -0.668. The largest absolute Gasteiger partial charge is 0.481 e. The first kappa shape index (κ1) is 27.6. The first-order valence-corrected chi connectivity index (χ1v) is 12.8. The number of carboxylic acids is 1. The lowest BCUT2D eigenvalue weighted by Crippen LogP contribution is -2.47. The van der Waals surface area contributed by atoms with Gasteiger partial charge in [0.05, 0.1) is 18.2 Å². The third-order valence-electron chi connectivity index (χ3n) is 6.84. The van der Waals surface area contributed by atoms with E-state index in [-0.39, 0.29) is 31.0 Å². The number of halogens is 2. The number of H-pyrrole nitrogens is 1. The predicted octanol–water partition coefficient (Wildman–Crippen LogP) is 5.53. The molecule has 2 amide bonds. The van der Waals surface area contributed by atoms with E-state index in [2.05, 4.69) is 16.2 Å². The standard InChI is InChI=1S/C29H29F2N3O5/c1-3-5-7-20-16-22-21-14-18(30)15-23(31)26(21)33-27(22)28(34(20)24(35)4-2)17-9-11-19(12-10-17)32-29(38)39-13-6-8-25(36)37/h2,9-12,14-15,20,28,33H,3,5-8,13,16H2,1H3,(H,32,38)(H,36,37)/t20-,28-/m0/s1. The van der Waals surface area contributed by atoms with Crippen LogP contribution in [0.1, 0.15) is 61.9 Å². The van der Waals surface area contributed by atoms with Crippen molar-refractivity contribution in [2.75, 3.05) is 11.9 Å². The van der Waals surface area contributed by atoms with Crippen molar-refractivity contribution in [1.82, 2.24) is 9.88 Å². The topological polar surface area (TPSA) is 112 Å². The third-order valence-corrected chi connectivity index (χ3v) is 6.84. The minimum Gasteiger partial charge on any atom is -0.481 e. The minimum atomic E-state index is -0.974. The van der Waals surface area contributed by atoms with Gasteiger partial charge >= 0.3 is 12.1 Å². The van der Waals surface area contributed by atoms with Crippen LogP contribution in [0.4, 0.5) is 19.3 Å². The van der Waals surface area contributed by atoms with Crippen molar-refractivity contribution in [3.63, 3.8) is 0 Å². The highest BCUT2D eigenvalue weighted by Gasteiger charge is 2.40. The molecule has 2 heterocycles. The molecule has 3 aromatic rings. The summed E-state index contributed by atoms with van der Waals surface area (Å²) < 4.78 is 33.9. The molecule has 2 aromatic carbocycles. The minimum absolute atomic E-state index is 0.0408. The molecule has 0 saturated carbocycles. The zero-order valence-electron chi connectivity index (χ0n) is 21.4. The molecule has 10 heteroatoms. The van der Waals surface area contributed by atoms with E-state index in [9.17, 15) is 23.2 Å². The average molecular weight is 538 g/mol. The third kappa shape index (κ3) is 6.03. The lowest BCUT2D eigenvalue weighted by Gasteiger charge is -2.41. The molecule has 3 N–H and O–H groups in total. The Kier molecular flexibility index (Phi) is 8.49. The fraction of sp³-hybridized carbons (Fsp3) is 0.345. The molecular formula is C29H29F2N3O5. The number of carboxylic acid groups (broad SMARTS) is 1. The van der Waals surface area contributed by atoms with Crippen LogP contribution in [0.25, 0.3) is 10.9 Å². The fourth-order valence-corrected chi connectivity index (χ4v) is 5.09. The normalized spacial score (nSPS) is 16.4. The van der Waals surface area contributed by atoms with Gasteiger partial charge in [0.15, 0.2) is 0 Å². The summed E-state index contributed by atoms with van der Waals surface area (Å²) >= 11 is 0. The van der Waals surface area contributed by atoms with Gasteiger partial charge in [0, 0.05) is 35.3 Å². The highest BCUT2D eigenvalue weighted by molar-refractivity contribution is 5.95. The van der Waals surface area contributed by atoms with E-state index < -0.39 is 35.6 Å². The molecule has 1 aliphatic heterocycles. The Labute approximate surface area is 224 Å². The first-order valence-electron chi connectivity index (χ1n) is 12.8. The quantitative estimate of drug-likeness (QED) is 0.246. The molecule has 39 heavy (non-hydrogen) atoms. The van der Waals surface area contributed by atoms with E-state index in [0.717, 1.165) is 24.5 Å². The van der Waals surface area contributed by atoms with Gasteiger partial charge in [-0.15, -0.1) is 6.42 Å². The van der Waals surface area contributed by atoms with Crippen molar-refractivity contribution in [3.8, 4) is 12.3 Å². The van der Waals surface area contributed by atoms with Crippen molar-refractivity contribution in [1.29, 1.82) is 0 Å². The predicted molar refractivity (Wildman–Crippen MR) is 141 cm³/mol. The molecule has 1 aliphatic rings. The summed E-state index contributed by atoms with van der Waals surface area (Å²) in [5, 5.41) is 11.7. The van der Waals surface area contributed by atoms with Crippen molar-refractivity contribution >= 4 is 34.6 Å². The van der Waals surface area contributed by atoms with Gasteiger partial charge in [0.2, 0.25) is 0 Å². The number of benzene rings is 2. The summed E-state index contributed by atoms with van der Waals surface area (Å²) in [4.78, 5) is 40.4. The molecule has 0 unspecified atom stereocenters. The second-order valence-corrected chi connectivity index (χ2v) is 9.47. The number of nitrogens with one attached hydrogen (secondary N) is 2. The van der Waals surface area contributed by atoms with E-state index in [0.29, 0.717) is 35.2 Å². The molecule has 0 radical (unpaired) electrons. The van der Waals surface area contributed by atoms with Gasteiger partial charge in [-0.25, -0.2) is 13.6 Å². The van der Waals surface area contributed by atoms with Crippen molar-refractivity contribution in [3.05, 3.63) is 64.9 Å². The van der Waals surface area contributed by atoms with Gasteiger partial charge in [0.25, 0.3) is 5.91 Å². The van der Waals surface area contributed by atoms with Crippen LogP contribution in [0.2, 0.25) is 0 Å². The molecule has 0 saturated heterocycles. The van der Waals surface area contributed by atoms with Crippen LogP contribution in [0.15, 0.2) is 36.4 Å². The second kappa shape index (κ2) is 12.0. The Hall–Kier alpha value is -4.39. The number of fused-ring (bicyclic) bond motifs is 3. The number of aromatic nitrogens is 1. The lowest BCUT2D eigenvalue weighted by atomic mass is 9.86. The first-order chi connectivity index (χ1) is 18.7. The molecule has 0 bridgehead atoms. The molecule has 0 aliphatic carbocycles. The van der Waals surface area contributed by atoms with Crippen LogP contribution in [0, 0.1) is 24.0 Å². The number of nitrogens with zero attached hydrogens (tertiary/aromatic N) is 1. The molecule has 4 rings (SSSR count). The van der Waals surface area contributed by atoms with Crippen LogP contribution < -0.4 is 5.32 Å².